The minimum Gasteiger partial charge on any atom is -0.463 e. The van der Waals surface area contributed by atoms with Gasteiger partial charge in [0.25, 0.3) is 0 Å². The molecule has 0 saturated heterocycles. The quantitative estimate of drug-likeness (QED) is 0.321. The van der Waals surface area contributed by atoms with Crippen LogP contribution in [0.3, 0.4) is 0 Å². The first-order valence-corrected chi connectivity index (χ1v) is 9.89. The number of esters is 2. The number of ether oxygens (including phenoxy) is 4. The molecule has 0 rings (SSSR count). The SMILES string of the molecule is CCCCOC(C(=O)OCC(C)C)C(OCCCC)C(=O)OCC(C)C. The van der Waals surface area contributed by atoms with Crippen LogP contribution in [0.1, 0.15) is 67.2 Å². The number of rotatable bonds is 15. The third-order valence-corrected chi connectivity index (χ3v) is 3.45. The van der Waals surface area contributed by atoms with Crippen molar-refractivity contribution in [3.05, 3.63) is 0 Å². The summed E-state index contributed by atoms with van der Waals surface area (Å²) in [6.45, 7) is 13.1. The second-order valence-corrected chi connectivity index (χ2v) is 7.34. The van der Waals surface area contributed by atoms with Crippen molar-refractivity contribution in [3.8, 4) is 0 Å². The summed E-state index contributed by atoms with van der Waals surface area (Å²) >= 11 is 0. The molecule has 0 aliphatic heterocycles. The molecule has 6 heteroatoms. The molecule has 154 valence electrons. The zero-order valence-corrected chi connectivity index (χ0v) is 17.4. The summed E-state index contributed by atoms with van der Waals surface area (Å²) in [5.41, 5.74) is 0. The van der Waals surface area contributed by atoms with E-state index in [9.17, 15) is 9.59 Å². The Bertz CT molecular complexity index is 344. The average molecular weight is 375 g/mol. The molecule has 0 aliphatic carbocycles. The maximum Gasteiger partial charge on any atom is 0.338 e. The van der Waals surface area contributed by atoms with E-state index in [4.69, 9.17) is 18.9 Å². The van der Waals surface area contributed by atoms with Crippen molar-refractivity contribution in [2.75, 3.05) is 26.4 Å². The maximum absolute atomic E-state index is 12.5. The molecule has 0 aromatic carbocycles. The van der Waals surface area contributed by atoms with Crippen LogP contribution >= 0.6 is 0 Å². The largest absolute Gasteiger partial charge is 0.463 e. The van der Waals surface area contributed by atoms with E-state index in [0.717, 1.165) is 25.7 Å². The minimum absolute atomic E-state index is 0.197. The summed E-state index contributed by atoms with van der Waals surface area (Å²) in [6, 6.07) is 0. The van der Waals surface area contributed by atoms with Gasteiger partial charge in [0.1, 0.15) is 0 Å². The standard InChI is InChI=1S/C20H38O6/c1-7-9-11-23-17(19(21)25-13-15(3)4)18(24-12-10-8-2)20(22)26-14-16(5)6/h15-18H,7-14H2,1-6H3. The number of unbranched alkanes of at least 4 members (excludes halogenated alkanes) is 2. The van der Waals surface area contributed by atoms with Crippen molar-refractivity contribution in [1.82, 2.24) is 0 Å². The number of carbonyl (C=O) groups excluding carboxylic acids is 2. The first kappa shape index (κ1) is 24.9. The average Bonchev–Trinajstić information content (AvgIpc) is 2.59. The maximum atomic E-state index is 12.5. The zero-order valence-electron chi connectivity index (χ0n) is 17.4. The van der Waals surface area contributed by atoms with Crippen LogP contribution in [0.2, 0.25) is 0 Å². The van der Waals surface area contributed by atoms with Gasteiger partial charge in [-0.1, -0.05) is 54.4 Å². The first-order chi connectivity index (χ1) is 12.3. The molecule has 0 heterocycles. The van der Waals surface area contributed by atoms with Gasteiger partial charge in [0.2, 0.25) is 0 Å². The molecule has 0 aromatic heterocycles. The summed E-state index contributed by atoms with van der Waals surface area (Å²) in [7, 11) is 0. The molecule has 2 atom stereocenters. The predicted octanol–water partition coefficient (Wildman–Crippen LogP) is 3.76. The molecule has 2 unspecified atom stereocenters. The summed E-state index contributed by atoms with van der Waals surface area (Å²) in [4.78, 5) is 25.0. The van der Waals surface area contributed by atoms with Crippen molar-refractivity contribution < 1.29 is 28.5 Å². The third-order valence-electron chi connectivity index (χ3n) is 3.45. The first-order valence-electron chi connectivity index (χ1n) is 9.89. The van der Waals surface area contributed by atoms with Gasteiger partial charge in [-0.25, -0.2) is 9.59 Å². The topological polar surface area (TPSA) is 71.1 Å². The van der Waals surface area contributed by atoms with Gasteiger partial charge in [-0.3, -0.25) is 0 Å². The Labute approximate surface area is 158 Å². The van der Waals surface area contributed by atoms with Gasteiger partial charge >= 0.3 is 11.9 Å². The minimum atomic E-state index is -1.10. The molecule has 0 saturated carbocycles. The summed E-state index contributed by atoms with van der Waals surface area (Å²) < 4.78 is 22.0. The van der Waals surface area contributed by atoms with Crippen LogP contribution in [-0.4, -0.2) is 50.6 Å². The smallest absolute Gasteiger partial charge is 0.338 e. The molecule has 0 spiro atoms. The zero-order chi connectivity index (χ0) is 19.9. The molecule has 0 radical (unpaired) electrons. The molecule has 0 amide bonds. The molecule has 0 fully saturated rings. The van der Waals surface area contributed by atoms with E-state index < -0.39 is 24.1 Å². The molecule has 26 heavy (non-hydrogen) atoms. The van der Waals surface area contributed by atoms with Crippen molar-refractivity contribution in [2.45, 2.75) is 79.4 Å². The lowest BCUT2D eigenvalue weighted by atomic mass is 10.2. The van der Waals surface area contributed by atoms with Crippen LogP contribution < -0.4 is 0 Å². The second kappa shape index (κ2) is 15.0. The van der Waals surface area contributed by atoms with Gasteiger partial charge in [0.05, 0.1) is 13.2 Å². The Morgan fingerprint density at radius 1 is 0.692 bits per heavy atom. The van der Waals surface area contributed by atoms with E-state index in [1.54, 1.807) is 0 Å². The van der Waals surface area contributed by atoms with E-state index in [-0.39, 0.29) is 25.0 Å². The summed E-state index contributed by atoms with van der Waals surface area (Å²) in [5.74, 6) is -0.749. The Balaban J connectivity index is 5.15. The van der Waals surface area contributed by atoms with Gasteiger partial charge in [-0.15, -0.1) is 0 Å². The van der Waals surface area contributed by atoms with Crippen LogP contribution in [0.5, 0.6) is 0 Å². The highest BCUT2D eigenvalue weighted by Crippen LogP contribution is 2.13. The van der Waals surface area contributed by atoms with Crippen molar-refractivity contribution in [2.24, 2.45) is 11.8 Å². The van der Waals surface area contributed by atoms with Gasteiger partial charge in [-0.05, 0) is 24.7 Å². The van der Waals surface area contributed by atoms with Gasteiger partial charge in [0, 0.05) is 13.2 Å². The molecule has 0 aliphatic rings. The molecule has 0 N–H and O–H groups in total. The fourth-order valence-electron chi connectivity index (χ4n) is 1.93. The van der Waals surface area contributed by atoms with E-state index in [1.807, 2.05) is 41.5 Å². The fraction of sp³-hybridized carbons (Fsp3) is 0.900. The molecular weight excluding hydrogens is 336 g/mol. The second-order valence-electron chi connectivity index (χ2n) is 7.34. The third kappa shape index (κ3) is 11.5. The summed E-state index contributed by atoms with van der Waals surface area (Å²) in [6.07, 6.45) is 1.22. The molecule has 6 nitrogen and oxygen atoms in total. The normalized spacial score (nSPS) is 13.7. The highest BCUT2D eigenvalue weighted by atomic mass is 16.6. The Kier molecular flexibility index (Phi) is 14.3. The lowest BCUT2D eigenvalue weighted by Crippen LogP contribution is -2.46. The van der Waals surface area contributed by atoms with Gasteiger partial charge in [0.15, 0.2) is 12.2 Å². The Morgan fingerprint density at radius 2 is 1.04 bits per heavy atom. The summed E-state index contributed by atoms with van der Waals surface area (Å²) in [5, 5.41) is 0. The van der Waals surface area contributed by atoms with E-state index in [0.29, 0.717) is 13.2 Å². The van der Waals surface area contributed by atoms with Gasteiger partial charge in [-0.2, -0.15) is 0 Å². The molecule has 0 aromatic rings. The van der Waals surface area contributed by atoms with Crippen molar-refractivity contribution in [3.63, 3.8) is 0 Å². The number of hydrogen-bond donors (Lipinski definition) is 0. The number of carbonyl (C=O) groups is 2. The van der Waals surface area contributed by atoms with E-state index >= 15 is 0 Å². The Morgan fingerprint density at radius 3 is 1.31 bits per heavy atom. The Hall–Kier alpha value is -1.14. The van der Waals surface area contributed by atoms with Crippen LogP contribution in [0.4, 0.5) is 0 Å². The van der Waals surface area contributed by atoms with Gasteiger partial charge < -0.3 is 18.9 Å². The van der Waals surface area contributed by atoms with Crippen LogP contribution in [0, 0.1) is 11.8 Å². The monoisotopic (exact) mass is 374 g/mol. The van der Waals surface area contributed by atoms with Crippen LogP contribution in [0.25, 0.3) is 0 Å². The molecule has 0 bridgehead atoms. The highest BCUT2D eigenvalue weighted by Gasteiger charge is 2.38. The van der Waals surface area contributed by atoms with E-state index in [1.165, 1.54) is 0 Å². The van der Waals surface area contributed by atoms with Crippen molar-refractivity contribution in [1.29, 1.82) is 0 Å². The lowest BCUT2D eigenvalue weighted by Gasteiger charge is -2.25. The molecular formula is C20H38O6. The van der Waals surface area contributed by atoms with Crippen molar-refractivity contribution >= 4 is 11.9 Å². The lowest BCUT2D eigenvalue weighted by molar-refractivity contribution is -0.184. The predicted molar refractivity (Wildman–Crippen MR) is 101 cm³/mol. The van der Waals surface area contributed by atoms with E-state index in [2.05, 4.69) is 0 Å². The highest BCUT2D eigenvalue weighted by molar-refractivity contribution is 5.85. The van der Waals surface area contributed by atoms with Crippen LogP contribution in [-0.2, 0) is 28.5 Å². The fourth-order valence-corrected chi connectivity index (χ4v) is 1.93. The number of hydrogen-bond acceptors (Lipinski definition) is 6. The van der Waals surface area contributed by atoms with Crippen LogP contribution in [0.15, 0.2) is 0 Å².